The maximum absolute atomic E-state index is 13.1. The largest absolute Gasteiger partial charge is 0.505 e. The predicted molar refractivity (Wildman–Crippen MR) is 122 cm³/mol. The van der Waals surface area contributed by atoms with E-state index in [2.05, 4.69) is 4.98 Å². The van der Waals surface area contributed by atoms with Gasteiger partial charge in [-0.15, -0.1) is 0 Å². The van der Waals surface area contributed by atoms with Crippen molar-refractivity contribution >= 4 is 16.7 Å². The molecule has 168 valence electrons. The average Bonchev–Trinajstić information content (AvgIpc) is 2.83. The van der Waals surface area contributed by atoms with Crippen molar-refractivity contribution in [3.8, 4) is 28.9 Å². The summed E-state index contributed by atoms with van der Waals surface area (Å²) in [6.45, 7) is 2.23. The van der Waals surface area contributed by atoms with E-state index in [1.807, 2.05) is 6.92 Å². The van der Waals surface area contributed by atoms with Crippen molar-refractivity contribution in [2.75, 3.05) is 6.61 Å². The number of unbranched alkanes of at least 4 members (excludes halogenated alkanes) is 1. The number of aromatic hydroxyl groups is 1. The SMILES string of the molecule is CCCCOC(=O)c1nc(Oc2ccc(Oc3ccc(F)cc3)cc2)c2ccccc2c1O. The summed E-state index contributed by atoms with van der Waals surface area (Å²) in [4.78, 5) is 16.7. The first-order valence-corrected chi connectivity index (χ1v) is 10.6. The van der Waals surface area contributed by atoms with Gasteiger partial charge in [-0.1, -0.05) is 31.5 Å². The van der Waals surface area contributed by atoms with E-state index >= 15 is 0 Å². The molecule has 0 spiro atoms. The first kappa shape index (κ1) is 22.1. The van der Waals surface area contributed by atoms with Crippen LogP contribution >= 0.6 is 0 Å². The van der Waals surface area contributed by atoms with Crippen LogP contribution in [-0.2, 0) is 4.74 Å². The Labute approximate surface area is 190 Å². The van der Waals surface area contributed by atoms with Crippen molar-refractivity contribution in [2.24, 2.45) is 0 Å². The fourth-order valence-electron chi connectivity index (χ4n) is 3.14. The van der Waals surface area contributed by atoms with Gasteiger partial charge in [0.1, 0.15) is 23.1 Å². The third-order valence-corrected chi connectivity index (χ3v) is 4.86. The second kappa shape index (κ2) is 9.99. The summed E-state index contributed by atoms with van der Waals surface area (Å²) in [5.74, 6) is 0.365. The number of halogens is 1. The molecular formula is C26H22FNO5. The Kier molecular flexibility index (Phi) is 6.69. The topological polar surface area (TPSA) is 77.9 Å². The molecule has 0 aliphatic carbocycles. The van der Waals surface area contributed by atoms with E-state index in [4.69, 9.17) is 14.2 Å². The summed E-state index contributed by atoms with van der Waals surface area (Å²) in [7, 11) is 0. The Bertz CT molecular complexity index is 1260. The van der Waals surface area contributed by atoms with Crippen LogP contribution < -0.4 is 9.47 Å². The summed E-state index contributed by atoms with van der Waals surface area (Å²) in [5, 5.41) is 11.6. The smallest absolute Gasteiger partial charge is 0.360 e. The number of carbonyl (C=O) groups is 1. The van der Waals surface area contributed by atoms with Crippen LogP contribution in [0.25, 0.3) is 10.8 Å². The zero-order chi connectivity index (χ0) is 23.2. The molecule has 0 saturated carbocycles. The molecule has 0 radical (unpaired) electrons. The lowest BCUT2D eigenvalue weighted by molar-refractivity contribution is 0.0488. The van der Waals surface area contributed by atoms with Crippen molar-refractivity contribution in [3.63, 3.8) is 0 Å². The molecule has 1 N–H and O–H groups in total. The Hall–Kier alpha value is -4.13. The van der Waals surface area contributed by atoms with E-state index in [1.165, 1.54) is 24.3 Å². The van der Waals surface area contributed by atoms with E-state index in [1.54, 1.807) is 48.5 Å². The number of pyridine rings is 1. The van der Waals surface area contributed by atoms with Crippen molar-refractivity contribution in [1.82, 2.24) is 4.98 Å². The van der Waals surface area contributed by atoms with E-state index in [0.717, 1.165) is 12.8 Å². The van der Waals surface area contributed by atoms with Gasteiger partial charge in [0.2, 0.25) is 5.88 Å². The number of ether oxygens (including phenoxy) is 3. The molecular weight excluding hydrogens is 425 g/mol. The Morgan fingerprint density at radius 3 is 2.09 bits per heavy atom. The molecule has 1 heterocycles. The third kappa shape index (κ3) is 5.20. The summed E-state index contributed by atoms with van der Waals surface area (Å²) < 4.78 is 29.9. The van der Waals surface area contributed by atoms with Gasteiger partial charge in [0, 0.05) is 10.8 Å². The fraction of sp³-hybridized carbons (Fsp3) is 0.154. The van der Waals surface area contributed by atoms with Crippen LogP contribution in [0.3, 0.4) is 0 Å². The first-order chi connectivity index (χ1) is 16.0. The van der Waals surface area contributed by atoms with Gasteiger partial charge in [-0.2, -0.15) is 0 Å². The molecule has 0 aliphatic rings. The van der Waals surface area contributed by atoms with Crippen LogP contribution in [-0.4, -0.2) is 22.7 Å². The summed E-state index contributed by atoms with van der Waals surface area (Å²) >= 11 is 0. The lowest BCUT2D eigenvalue weighted by Crippen LogP contribution is -2.10. The number of fused-ring (bicyclic) bond motifs is 1. The van der Waals surface area contributed by atoms with Crippen molar-refractivity contribution in [2.45, 2.75) is 19.8 Å². The standard InChI is InChI=1S/C26H22FNO5/c1-2-3-16-31-26(30)23-24(29)21-6-4-5-7-22(21)25(28-23)33-20-14-12-19(13-15-20)32-18-10-8-17(27)9-11-18/h4-15,29H,2-3,16H2,1H3. The average molecular weight is 447 g/mol. The molecule has 0 unspecified atom stereocenters. The minimum Gasteiger partial charge on any atom is -0.505 e. The van der Waals surface area contributed by atoms with Crippen LogP contribution in [0.5, 0.6) is 28.9 Å². The summed E-state index contributed by atoms with van der Waals surface area (Å²) in [6, 6.07) is 19.4. The summed E-state index contributed by atoms with van der Waals surface area (Å²) in [6.07, 6.45) is 1.59. The van der Waals surface area contributed by atoms with Gasteiger partial charge in [0.15, 0.2) is 11.4 Å². The Morgan fingerprint density at radius 2 is 1.45 bits per heavy atom. The molecule has 1 aromatic heterocycles. The minimum atomic E-state index is -0.709. The monoisotopic (exact) mass is 447 g/mol. The van der Waals surface area contributed by atoms with Crippen LogP contribution in [0.1, 0.15) is 30.3 Å². The molecule has 6 nitrogen and oxygen atoms in total. The van der Waals surface area contributed by atoms with Gasteiger partial charge in [-0.25, -0.2) is 14.2 Å². The van der Waals surface area contributed by atoms with Crippen molar-refractivity contribution in [1.29, 1.82) is 0 Å². The molecule has 7 heteroatoms. The lowest BCUT2D eigenvalue weighted by Gasteiger charge is -2.13. The van der Waals surface area contributed by atoms with Gasteiger partial charge in [0.05, 0.1) is 6.61 Å². The molecule has 4 aromatic rings. The van der Waals surface area contributed by atoms with E-state index in [0.29, 0.717) is 28.0 Å². The molecule has 0 amide bonds. The van der Waals surface area contributed by atoms with Crippen LogP contribution in [0.15, 0.2) is 72.8 Å². The number of esters is 1. The molecule has 33 heavy (non-hydrogen) atoms. The first-order valence-electron chi connectivity index (χ1n) is 10.6. The second-order valence-corrected chi connectivity index (χ2v) is 7.28. The lowest BCUT2D eigenvalue weighted by atomic mass is 10.1. The van der Waals surface area contributed by atoms with Gasteiger partial charge < -0.3 is 19.3 Å². The maximum Gasteiger partial charge on any atom is 0.360 e. The summed E-state index contributed by atoms with van der Waals surface area (Å²) in [5.41, 5.74) is -0.198. The molecule has 0 bridgehead atoms. The van der Waals surface area contributed by atoms with E-state index in [9.17, 15) is 14.3 Å². The molecule has 0 saturated heterocycles. The number of hydrogen-bond donors (Lipinski definition) is 1. The zero-order valence-corrected chi connectivity index (χ0v) is 18.0. The highest BCUT2D eigenvalue weighted by Crippen LogP contribution is 2.36. The predicted octanol–water partition coefficient (Wildman–Crippen LogP) is 6.62. The van der Waals surface area contributed by atoms with Crippen LogP contribution in [0.2, 0.25) is 0 Å². The number of hydrogen-bond acceptors (Lipinski definition) is 6. The van der Waals surface area contributed by atoms with E-state index < -0.39 is 5.97 Å². The zero-order valence-electron chi connectivity index (χ0n) is 18.0. The van der Waals surface area contributed by atoms with Crippen molar-refractivity contribution in [3.05, 3.63) is 84.3 Å². The second-order valence-electron chi connectivity index (χ2n) is 7.28. The van der Waals surface area contributed by atoms with E-state index in [-0.39, 0.29) is 29.7 Å². The maximum atomic E-state index is 13.1. The highest BCUT2D eigenvalue weighted by atomic mass is 19.1. The van der Waals surface area contributed by atoms with Gasteiger partial charge in [0.25, 0.3) is 0 Å². The molecule has 0 aliphatic heterocycles. The highest BCUT2D eigenvalue weighted by Gasteiger charge is 2.21. The van der Waals surface area contributed by atoms with Gasteiger partial charge >= 0.3 is 5.97 Å². The fourth-order valence-corrected chi connectivity index (χ4v) is 3.14. The van der Waals surface area contributed by atoms with Crippen LogP contribution in [0, 0.1) is 5.82 Å². The molecule has 0 fully saturated rings. The van der Waals surface area contributed by atoms with Gasteiger partial charge in [-0.3, -0.25) is 0 Å². The minimum absolute atomic E-state index is 0.165. The third-order valence-electron chi connectivity index (χ3n) is 4.86. The van der Waals surface area contributed by atoms with Gasteiger partial charge in [-0.05, 0) is 61.0 Å². The highest BCUT2D eigenvalue weighted by molar-refractivity contribution is 6.01. The van der Waals surface area contributed by atoms with Crippen LogP contribution in [0.4, 0.5) is 4.39 Å². The number of carbonyl (C=O) groups excluding carboxylic acids is 1. The number of rotatable bonds is 8. The number of benzene rings is 3. The molecule has 0 atom stereocenters. The van der Waals surface area contributed by atoms with Crippen molar-refractivity contribution < 1.29 is 28.5 Å². The number of aromatic nitrogens is 1. The Balaban J connectivity index is 1.59. The molecule has 4 rings (SSSR count). The normalized spacial score (nSPS) is 10.7. The number of nitrogens with zero attached hydrogens (tertiary/aromatic N) is 1. The quantitative estimate of drug-likeness (QED) is 0.242. The molecule has 3 aromatic carbocycles. The Morgan fingerprint density at radius 1 is 0.879 bits per heavy atom.